The van der Waals surface area contributed by atoms with Crippen molar-refractivity contribution in [2.24, 2.45) is 0 Å². The molecule has 0 saturated carbocycles. The summed E-state index contributed by atoms with van der Waals surface area (Å²) in [7, 11) is 0. The number of hydrogen-bond donors (Lipinski definition) is 1. The zero-order chi connectivity index (χ0) is 12.1. The SMILES string of the molecule is CCc1ccccc1OCc1ccccc1O. The van der Waals surface area contributed by atoms with Gasteiger partial charge in [0.2, 0.25) is 0 Å². The molecule has 0 unspecified atom stereocenters. The Hall–Kier alpha value is -1.96. The van der Waals surface area contributed by atoms with E-state index in [2.05, 4.69) is 13.0 Å². The van der Waals surface area contributed by atoms with Crippen molar-refractivity contribution in [2.45, 2.75) is 20.0 Å². The maximum Gasteiger partial charge on any atom is 0.122 e. The van der Waals surface area contributed by atoms with E-state index < -0.39 is 0 Å². The lowest BCUT2D eigenvalue weighted by Crippen LogP contribution is -1.98. The molecule has 0 amide bonds. The molecule has 2 rings (SSSR count). The minimum Gasteiger partial charge on any atom is -0.508 e. The molecule has 0 aliphatic rings. The lowest BCUT2D eigenvalue weighted by molar-refractivity contribution is 0.296. The molecule has 0 aliphatic carbocycles. The van der Waals surface area contributed by atoms with Crippen LogP contribution in [0.3, 0.4) is 0 Å². The van der Waals surface area contributed by atoms with Gasteiger partial charge in [-0.25, -0.2) is 0 Å². The first kappa shape index (κ1) is 11.5. The molecule has 1 N–H and O–H groups in total. The monoisotopic (exact) mass is 228 g/mol. The van der Waals surface area contributed by atoms with Gasteiger partial charge in [-0.1, -0.05) is 43.3 Å². The van der Waals surface area contributed by atoms with Crippen LogP contribution in [0.5, 0.6) is 11.5 Å². The molecular formula is C15H16O2. The maximum absolute atomic E-state index is 9.64. The second kappa shape index (κ2) is 5.39. The van der Waals surface area contributed by atoms with Crippen molar-refractivity contribution >= 4 is 0 Å². The summed E-state index contributed by atoms with van der Waals surface area (Å²) in [6, 6.07) is 15.2. The van der Waals surface area contributed by atoms with E-state index in [9.17, 15) is 5.11 Å². The van der Waals surface area contributed by atoms with Gasteiger partial charge in [0.05, 0.1) is 0 Å². The van der Waals surface area contributed by atoms with Crippen LogP contribution in [0.2, 0.25) is 0 Å². The number of hydrogen-bond acceptors (Lipinski definition) is 2. The Morgan fingerprint density at radius 2 is 1.59 bits per heavy atom. The Bertz CT molecular complexity index is 492. The van der Waals surface area contributed by atoms with Gasteiger partial charge >= 0.3 is 0 Å². The first-order valence-electron chi connectivity index (χ1n) is 5.79. The summed E-state index contributed by atoms with van der Waals surface area (Å²) >= 11 is 0. The number of phenols is 1. The highest BCUT2D eigenvalue weighted by molar-refractivity contribution is 5.35. The maximum atomic E-state index is 9.64. The molecule has 0 fully saturated rings. The van der Waals surface area contributed by atoms with Gasteiger partial charge in [-0.15, -0.1) is 0 Å². The van der Waals surface area contributed by atoms with Crippen molar-refractivity contribution in [3.05, 3.63) is 59.7 Å². The topological polar surface area (TPSA) is 29.5 Å². The van der Waals surface area contributed by atoms with Crippen LogP contribution in [0.25, 0.3) is 0 Å². The van der Waals surface area contributed by atoms with Crippen LogP contribution < -0.4 is 4.74 Å². The third-order valence-corrected chi connectivity index (χ3v) is 2.73. The van der Waals surface area contributed by atoms with Crippen molar-refractivity contribution in [3.63, 3.8) is 0 Å². The average molecular weight is 228 g/mol. The highest BCUT2D eigenvalue weighted by atomic mass is 16.5. The largest absolute Gasteiger partial charge is 0.508 e. The molecule has 0 saturated heterocycles. The number of aryl methyl sites for hydroxylation is 1. The van der Waals surface area contributed by atoms with Crippen LogP contribution in [0.4, 0.5) is 0 Å². The first-order chi connectivity index (χ1) is 8.31. The van der Waals surface area contributed by atoms with Gasteiger partial charge in [0, 0.05) is 5.56 Å². The van der Waals surface area contributed by atoms with Gasteiger partial charge in [-0.05, 0) is 24.1 Å². The zero-order valence-corrected chi connectivity index (χ0v) is 9.89. The minimum atomic E-state index is 0.279. The lowest BCUT2D eigenvalue weighted by atomic mass is 10.1. The number of phenolic OH excluding ortho intramolecular Hbond substituents is 1. The highest BCUT2D eigenvalue weighted by Gasteiger charge is 2.03. The molecule has 2 nitrogen and oxygen atoms in total. The molecule has 2 aromatic carbocycles. The molecule has 0 aliphatic heterocycles. The standard InChI is InChI=1S/C15H16O2/c1-2-12-7-4-6-10-15(12)17-11-13-8-3-5-9-14(13)16/h3-10,16H,2,11H2,1H3. The Morgan fingerprint density at radius 1 is 0.941 bits per heavy atom. The summed E-state index contributed by atoms with van der Waals surface area (Å²) in [5.74, 6) is 1.17. The van der Waals surface area contributed by atoms with E-state index in [0.717, 1.165) is 17.7 Å². The Labute approximate surface area is 101 Å². The van der Waals surface area contributed by atoms with Gasteiger partial charge in [-0.3, -0.25) is 0 Å². The summed E-state index contributed by atoms with van der Waals surface area (Å²) in [4.78, 5) is 0. The molecule has 0 aromatic heterocycles. The molecule has 0 bridgehead atoms. The number of ether oxygens (including phenoxy) is 1. The van der Waals surface area contributed by atoms with Crippen molar-refractivity contribution in [3.8, 4) is 11.5 Å². The van der Waals surface area contributed by atoms with Crippen LogP contribution >= 0.6 is 0 Å². The van der Waals surface area contributed by atoms with Crippen molar-refractivity contribution in [2.75, 3.05) is 0 Å². The summed E-state index contributed by atoms with van der Waals surface area (Å²) in [6.07, 6.45) is 0.941. The third kappa shape index (κ3) is 2.78. The minimum absolute atomic E-state index is 0.279. The molecule has 0 spiro atoms. The second-order valence-corrected chi connectivity index (χ2v) is 3.88. The molecular weight excluding hydrogens is 212 g/mol. The molecule has 17 heavy (non-hydrogen) atoms. The third-order valence-electron chi connectivity index (χ3n) is 2.73. The van der Waals surface area contributed by atoms with Crippen LogP contribution in [0.1, 0.15) is 18.1 Å². The van der Waals surface area contributed by atoms with E-state index >= 15 is 0 Å². The van der Waals surface area contributed by atoms with Gasteiger partial charge in [0.1, 0.15) is 18.1 Å². The van der Waals surface area contributed by atoms with Crippen LogP contribution in [-0.2, 0) is 13.0 Å². The van der Waals surface area contributed by atoms with E-state index in [1.807, 2.05) is 30.3 Å². The quantitative estimate of drug-likeness (QED) is 0.867. The summed E-state index contributed by atoms with van der Waals surface area (Å²) in [6.45, 7) is 2.49. The Morgan fingerprint density at radius 3 is 2.29 bits per heavy atom. The highest BCUT2D eigenvalue weighted by Crippen LogP contribution is 2.22. The van der Waals surface area contributed by atoms with Crippen LogP contribution in [-0.4, -0.2) is 5.11 Å². The van der Waals surface area contributed by atoms with E-state index in [-0.39, 0.29) is 5.75 Å². The molecule has 0 atom stereocenters. The number of para-hydroxylation sites is 2. The molecule has 2 heteroatoms. The zero-order valence-electron chi connectivity index (χ0n) is 9.89. The van der Waals surface area contributed by atoms with Crippen LogP contribution in [0, 0.1) is 0 Å². The van der Waals surface area contributed by atoms with Gasteiger partial charge in [-0.2, -0.15) is 0 Å². The summed E-state index contributed by atoms with van der Waals surface area (Å²) in [5, 5.41) is 9.64. The molecule has 0 heterocycles. The van der Waals surface area contributed by atoms with Gasteiger partial charge in [0.25, 0.3) is 0 Å². The van der Waals surface area contributed by atoms with Crippen molar-refractivity contribution in [1.82, 2.24) is 0 Å². The fourth-order valence-corrected chi connectivity index (χ4v) is 1.73. The first-order valence-corrected chi connectivity index (χ1v) is 5.79. The smallest absolute Gasteiger partial charge is 0.122 e. The summed E-state index contributed by atoms with van der Waals surface area (Å²) < 4.78 is 5.73. The predicted octanol–water partition coefficient (Wildman–Crippen LogP) is 3.53. The fourth-order valence-electron chi connectivity index (χ4n) is 1.73. The number of rotatable bonds is 4. The van der Waals surface area contributed by atoms with Crippen molar-refractivity contribution < 1.29 is 9.84 Å². The molecule has 0 radical (unpaired) electrons. The van der Waals surface area contributed by atoms with E-state index in [1.165, 1.54) is 5.56 Å². The molecule has 88 valence electrons. The molecule has 2 aromatic rings. The van der Waals surface area contributed by atoms with Crippen molar-refractivity contribution in [1.29, 1.82) is 0 Å². The lowest BCUT2D eigenvalue weighted by Gasteiger charge is -2.10. The van der Waals surface area contributed by atoms with E-state index in [0.29, 0.717) is 6.61 Å². The normalized spacial score (nSPS) is 10.2. The van der Waals surface area contributed by atoms with E-state index in [1.54, 1.807) is 12.1 Å². The van der Waals surface area contributed by atoms with E-state index in [4.69, 9.17) is 4.74 Å². The average Bonchev–Trinajstić information content (AvgIpc) is 2.38. The summed E-state index contributed by atoms with van der Waals surface area (Å²) in [5.41, 5.74) is 1.99. The van der Waals surface area contributed by atoms with Crippen LogP contribution in [0.15, 0.2) is 48.5 Å². The second-order valence-electron chi connectivity index (χ2n) is 3.88. The fraction of sp³-hybridized carbons (Fsp3) is 0.200. The van der Waals surface area contributed by atoms with Gasteiger partial charge < -0.3 is 9.84 Å². The number of aromatic hydroxyl groups is 1. The van der Waals surface area contributed by atoms with Gasteiger partial charge in [0.15, 0.2) is 0 Å². The predicted molar refractivity (Wildman–Crippen MR) is 68.3 cm³/mol. The Balaban J connectivity index is 2.10. The number of benzene rings is 2. The Kier molecular flexibility index (Phi) is 3.66.